The summed E-state index contributed by atoms with van der Waals surface area (Å²) in [5, 5.41) is 3.37. The van der Waals surface area contributed by atoms with Gasteiger partial charge in [0, 0.05) is 23.0 Å². The maximum Gasteiger partial charge on any atom is 0.127 e. The van der Waals surface area contributed by atoms with Crippen molar-refractivity contribution in [3.8, 4) is 5.75 Å². The van der Waals surface area contributed by atoms with Crippen molar-refractivity contribution in [1.29, 1.82) is 0 Å². The van der Waals surface area contributed by atoms with Crippen molar-refractivity contribution in [3.63, 3.8) is 0 Å². The minimum Gasteiger partial charge on any atom is -0.493 e. The van der Waals surface area contributed by atoms with E-state index < -0.39 is 0 Å². The molecule has 2 nitrogen and oxygen atoms in total. The molecule has 1 N–H and O–H groups in total. The molecule has 0 saturated heterocycles. The van der Waals surface area contributed by atoms with Gasteiger partial charge in [0.2, 0.25) is 0 Å². The zero-order chi connectivity index (χ0) is 14.7. The minimum atomic E-state index is -0.133. The molecular weight excluding hydrogens is 333 g/mol. The zero-order valence-corrected chi connectivity index (χ0v) is 13.2. The van der Waals surface area contributed by atoms with Gasteiger partial charge >= 0.3 is 0 Å². The lowest BCUT2D eigenvalue weighted by Gasteiger charge is -2.10. The Kier molecular flexibility index (Phi) is 4.56. The average molecular weight is 350 g/mol. The van der Waals surface area contributed by atoms with Gasteiger partial charge in [-0.25, -0.2) is 4.39 Å². The predicted molar refractivity (Wildman–Crippen MR) is 85.2 cm³/mol. The van der Waals surface area contributed by atoms with Crippen LogP contribution in [0.25, 0.3) is 0 Å². The van der Waals surface area contributed by atoms with Gasteiger partial charge in [0.25, 0.3) is 0 Å². The first-order chi connectivity index (χ1) is 10.2. The Morgan fingerprint density at radius 2 is 2.05 bits per heavy atom. The number of fused-ring (bicyclic) bond motifs is 1. The normalized spacial score (nSPS) is 13.0. The van der Waals surface area contributed by atoms with Crippen molar-refractivity contribution < 1.29 is 9.13 Å². The van der Waals surface area contributed by atoms with E-state index in [0.717, 1.165) is 47.5 Å². The van der Waals surface area contributed by atoms with Gasteiger partial charge in [-0.2, -0.15) is 0 Å². The van der Waals surface area contributed by atoms with Gasteiger partial charge in [0.1, 0.15) is 11.6 Å². The molecule has 0 spiro atoms. The summed E-state index contributed by atoms with van der Waals surface area (Å²) in [6.45, 7) is 2.23. The first kappa shape index (κ1) is 14.5. The summed E-state index contributed by atoms with van der Waals surface area (Å²) >= 11 is 3.54. The summed E-state index contributed by atoms with van der Waals surface area (Å²) in [6.07, 6.45) is 1.65. The largest absolute Gasteiger partial charge is 0.493 e. The molecule has 1 heterocycles. The van der Waals surface area contributed by atoms with Gasteiger partial charge in [0.15, 0.2) is 0 Å². The third kappa shape index (κ3) is 3.44. The molecule has 0 bridgehead atoms. The lowest BCUT2D eigenvalue weighted by Crippen LogP contribution is -2.17. The Hall–Kier alpha value is -1.39. The average Bonchev–Trinajstić information content (AvgIpc) is 2.93. The Bertz CT molecular complexity index is 645. The van der Waals surface area contributed by atoms with Crippen molar-refractivity contribution in [2.75, 3.05) is 13.2 Å². The number of benzene rings is 2. The topological polar surface area (TPSA) is 21.3 Å². The highest BCUT2D eigenvalue weighted by Gasteiger charge is 2.17. The van der Waals surface area contributed by atoms with Crippen LogP contribution in [0, 0.1) is 5.82 Å². The van der Waals surface area contributed by atoms with Crippen LogP contribution in [0.3, 0.4) is 0 Å². The van der Waals surface area contributed by atoms with Crippen LogP contribution in [0.1, 0.15) is 16.7 Å². The molecule has 2 aromatic rings. The fourth-order valence-corrected chi connectivity index (χ4v) is 3.18. The zero-order valence-electron chi connectivity index (χ0n) is 11.7. The summed E-state index contributed by atoms with van der Waals surface area (Å²) in [7, 11) is 0. The molecule has 2 aromatic carbocycles. The highest BCUT2D eigenvalue weighted by Crippen LogP contribution is 2.32. The number of nitrogens with one attached hydrogen (secondary N) is 1. The fraction of sp³-hybridized carbons (Fsp3) is 0.294. The van der Waals surface area contributed by atoms with Gasteiger partial charge in [-0.1, -0.05) is 34.1 Å². The van der Waals surface area contributed by atoms with Crippen LogP contribution in [-0.4, -0.2) is 13.2 Å². The molecule has 0 amide bonds. The van der Waals surface area contributed by atoms with Crippen molar-refractivity contribution in [1.82, 2.24) is 5.32 Å². The number of halogens is 2. The number of hydrogen-bond donors (Lipinski definition) is 1. The van der Waals surface area contributed by atoms with Gasteiger partial charge in [0.05, 0.1) is 6.61 Å². The Morgan fingerprint density at radius 3 is 2.90 bits per heavy atom. The Morgan fingerprint density at radius 1 is 1.19 bits per heavy atom. The van der Waals surface area contributed by atoms with Gasteiger partial charge in [-0.3, -0.25) is 0 Å². The third-order valence-corrected chi connectivity index (χ3v) is 4.13. The quantitative estimate of drug-likeness (QED) is 0.827. The van der Waals surface area contributed by atoms with Gasteiger partial charge in [-0.05, 0) is 42.3 Å². The van der Waals surface area contributed by atoms with Crippen molar-refractivity contribution >= 4 is 15.9 Å². The molecule has 4 heteroatoms. The Balaban J connectivity index is 1.58. The standard InChI is InChI=1S/C17H17BrFNO/c18-15-9-13-6-8-21-17(13)14(10-15)11-20-7-5-12-3-1-2-4-16(12)19/h1-4,9-10,20H,5-8,11H2. The molecule has 1 aliphatic heterocycles. The molecule has 0 atom stereocenters. The molecule has 21 heavy (non-hydrogen) atoms. The van der Waals surface area contributed by atoms with Crippen LogP contribution in [0.4, 0.5) is 4.39 Å². The molecule has 0 saturated carbocycles. The number of hydrogen-bond acceptors (Lipinski definition) is 2. The maximum absolute atomic E-state index is 13.5. The van der Waals surface area contributed by atoms with Crippen LogP contribution in [0.15, 0.2) is 40.9 Å². The third-order valence-electron chi connectivity index (χ3n) is 3.67. The van der Waals surface area contributed by atoms with Crippen LogP contribution in [-0.2, 0) is 19.4 Å². The second-order valence-electron chi connectivity index (χ2n) is 5.17. The molecule has 110 valence electrons. The van der Waals surface area contributed by atoms with E-state index in [-0.39, 0.29) is 5.82 Å². The fourth-order valence-electron chi connectivity index (χ4n) is 2.62. The SMILES string of the molecule is Fc1ccccc1CCNCc1cc(Br)cc2c1OCC2. The minimum absolute atomic E-state index is 0.133. The molecule has 0 radical (unpaired) electrons. The van der Waals surface area contributed by atoms with E-state index in [1.807, 2.05) is 12.1 Å². The monoisotopic (exact) mass is 349 g/mol. The highest BCUT2D eigenvalue weighted by molar-refractivity contribution is 9.10. The molecule has 3 rings (SSSR count). The van der Waals surface area contributed by atoms with Gasteiger partial charge < -0.3 is 10.1 Å². The lowest BCUT2D eigenvalue weighted by molar-refractivity contribution is 0.352. The molecule has 0 aliphatic carbocycles. The number of rotatable bonds is 5. The van der Waals surface area contributed by atoms with Crippen molar-refractivity contribution in [2.24, 2.45) is 0 Å². The number of ether oxygens (including phenoxy) is 1. The summed E-state index contributed by atoms with van der Waals surface area (Å²) in [5.41, 5.74) is 3.17. The van der Waals surface area contributed by atoms with E-state index in [1.54, 1.807) is 6.07 Å². The van der Waals surface area contributed by atoms with Crippen LogP contribution in [0.2, 0.25) is 0 Å². The van der Waals surface area contributed by atoms with Gasteiger partial charge in [-0.15, -0.1) is 0 Å². The second kappa shape index (κ2) is 6.58. The van der Waals surface area contributed by atoms with Crippen LogP contribution < -0.4 is 10.1 Å². The summed E-state index contributed by atoms with van der Waals surface area (Å²) in [6, 6.07) is 11.1. The first-order valence-electron chi connectivity index (χ1n) is 7.12. The van der Waals surface area contributed by atoms with E-state index in [9.17, 15) is 4.39 Å². The maximum atomic E-state index is 13.5. The lowest BCUT2D eigenvalue weighted by atomic mass is 10.1. The Labute approximate surface area is 132 Å². The van der Waals surface area contributed by atoms with Crippen LogP contribution in [0.5, 0.6) is 5.75 Å². The van der Waals surface area contributed by atoms with Crippen molar-refractivity contribution in [2.45, 2.75) is 19.4 Å². The van der Waals surface area contributed by atoms with E-state index in [0.29, 0.717) is 6.42 Å². The summed E-state index contributed by atoms with van der Waals surface area (Å²) in [4.78, 5) is 0. The second-order valence-corrected chi connectivity index (χ2v) is 6.09. The summed E-state index contributed by atoms with van der Waals surface area (Å²) in [5.74, 6) is 0.877. The highest BCUT2D eigenvalue weighted by atomic mass is 79.9. The van der Waals surface area contributed by atoms with E-state index in [2.05, 4.69) is 33.4 Å². The predicted octanol–water partition coefficient (Wildman–Crippen LogP) is 3.86. The van der Waals surface area contributed by atoms with E-state index in [4.69, 9.17) is 4.74 Å². The molecule has 0 aromatic heterocycles. The van der Waals surface area contributed by atoms with E-state index in [1.165, 1.54) is 11.6 Å². The van der Waals surface area contributed by atoms with E-state index >= 15 is 0 Å². The first-order valence-corrected chi connectivity index (χ1v) is 7.91. The summed E-state index contributed by atoms with van der Waals surface area (Å²) < 4.78 is 20.3. The molecular formula is C17H17BrFNO. The molecule has 0 unspecified atom stereocenters. The van der Waals surface area contributed by atoms with Crippen LogP contribution >= 0.6 is 15.9 Å². The molecule has 0 fully saturated rings. The smallest absolute Gasteiger partial charge is 0.127 e. The molecule has 1 aliphatic rings. The van der Waals surface area contributed by atoms with Crippen molar-refractivity contribution in [3.05, 3.63) is 63.4 Å².